The van der Waals surface area contributed by atoms with E-state index in [9.17, 15) is 4.79 Å². The highest BCUT2D eigenvalue weighted by Gasteiger charge is 2.14. The van der Waals surface area contributed by atoms with E-state index in [1.54, 1.807) is 27.7 Å². The molecule has 0 radical (unpaired) electrons. The molecule has 0 unspecified atom stereocenters. The van der Waals surface area contributed by atoms with Crippen LogP contribution >= 0.6 is 0 Å². The van der Waals surface area contributed by atoms with Gasteiger partial charge in [-0.05, 0) is 27.7 Å². The van der Waals surface area contributed by atoms with E-state index in [4.69, 9.17) is 4.74 Å². The lowest BCUT2D eigenvalue weighted by Gasteiger charge is -2.16. The highest BCUT2D eigenvalue weighted by Crippen LogP contribution is 2.07. The summed E-state index contributed by atoms with van der Waals surface area (Å²) in [4.78, 5) is 14.1. The summed E-state index contributed by atoms with van der Waals surface area (Å²) < 4.78 is 4.84. The first-order valence-electron chi connectivity index (χ1n) is 3.17. The van der Waals surface area contributed by atoms with E-state index in [0.29, 0.717) is 0 Å². The third-order valence-corrected chi connectivity index (χ3v) is 0.628. The van der Waals surface area contributed by atoms with Crippen molar-refractivity contribution in [2.24, 2.45) is 4.99 Å². The van der Waals surface area contributed by atoms with Crippen LogP contribution in [0.5, 0.6) is 0 Å². The second-order valence-electron chi connectivity index (χ2n) is 2.87. The van der Waals surface area contributed by atoms with Gasteiger partial charge >= 0.3 is 6.09 Å². The molecule has 0 rings (SSSR count). The van der Waals surface area contributed by atoms with Crippen LogP contribution in [0, 0.1) is 0 Å². The first-order valence-corrected chi connectivity index (χ1v) is 3.17. The molecule has 0 aliphatic carbocycles. The van der Waals surface area contributed by atoms with Gasteiger partial charge in [0.05, 0.1) is 0 Å². The molecule has 58 valence electrons. The zero-order chi connectivity index (χ0) is 8.20. The number of carbonyl (C=O) groups is 1. The molecule has 0 aromatic rings. The normalized spacial score (nSPS) is 12.0. The predicted molar refractivity (Wildman–Crippen MR) is 40.4 cm³/mol. The first kappa shape index (κ1) is 9.14. The summed E-state index contributed by atoms with van der Waals surface area (Å²) >= 11 is 0. The Labute approximate surface area is 61.1 Å². The molecule has 3 heteroatoms. The van der Waals surface area contributed by atoms with Gasteiger partial charge in [0.1, 0.15) is 5.60 Å². The number of rotatable bonds is 0. The van der Waals surface area contributed by atoms with Crippen LogP contribution in [0.25, 0.3) is 0 Å². The topological polar surface area (TPSA) is 38.7 Å². The lowest BCUT2D eigenvalue weighted by Crippen LogP contribution is -2.21. The molecule has 0 heterocycles. The number of amides is 1. The van der Waals surface area contributed by atoms with Crippen molar-refractivity contribution in [3.63, 3.8) is 0 Å². The summed E-state index contributed by atoms with van der Waals surface area (Å²) in [6.45, 7) is 7.08. The maximum atomic E-state index is 10.6. The molecule has 0 aromatic carbocycles. The van der Waals surface area contributed by atoms with E-state index in [1.807, 2.05) is 0 Å². The van der Waals surface area contributed by atoms with Crippen molar-refractivity contribution in [2.75, 3.05) is 0 Å². The van der Waals surface area contributed by atoms with Crippen LogP contribution in [0.1, 0.15) is 27.7 Å². The lowest BCUT2D eigenvalue weighted by molar-refractivity contribution is 0.0605. The van der Waals surface area contributed by atoms with Gasteiger partial charge in [0.2, 0.25) is 0 Å². The molecule has 0 aromatic heterocycles. The lowest BCUT2D eigenvalue weighted by atomic mass is 10.2. The van der Waals surface area contributed by atoms with Crippen LogP contribution in [-0.4, -0.2) is 17.9 Å². The fourth-order valence-corrected chi connectivity index (χ4v) is 0.394. The molecule has 0 aliphatic rings. The summed E-state index contributed by atoms with van der Waals surface area (Å²) in [6, 6.07) is 0. The van der Waals surface area contributed by atoms with Gasteiger partial charge in [-0.1, -0.05) is 0 Å². The number of nitrogens with zero attached hydrogens (tertiary/aromatic N) is 1. The van der Waals surface area contributed by atoms with Gasteiger partial charge in [-0.15, -0.1) is 0 Å². The maximum absolute atomic E-state index is 10.6. The summed E-state index contributed by atoms with van der Waals surface area (Å²) in [5.41, 5.74) is -0.441. The number of ether oxygens (including phenoxy) is 1. The van der Waals surface area contributed by atoms with Crippen molar-refractivity contribution >= 4 is 12.3 Å². The Bertz CT molecular complexity index is 144. The minimum absolute atomic E-state index is 0.441. The fourth-order valence-electron chi connectivity index (χ4n) is 0.394. The van der Waals surface area contributed by atoms with E-state index in [2.05, 4.69) is 4.99 Å². The van der Waals surface area contributed by atoms with Gasteiger partial charge in [-0.2, -0.15) is 4.99 Å². The maximum Gasteiger partial charge on any atom is 0.433 e. The van der Waals surface area contributed by atoms with Crippen LogP contribution in [-0.2, 0) is 4.74 Å². The summed E-state index contributed by atoms with van der Waals surface area (Å²) in [5, 5.41) is 0. The summed E-state index contributed by atoms with van der Waals surface area (Å²) in [6.07, 6.45) is 0.878. The number of aliphatic imine (C=N–C) groups is 1. The second-order valence-corrected chi connectivity index (χ2v) is 2.87. The largest absolute Gasteiger partial charge is 0.442 e. The molecule has 0 aliphatic heterocycles. The van der Waals surface area contributed by atoms with Crippen LogP contribution in [0.2, 0.25) is 0 Å². The van der Waals surface area contributed by atoms with E-state index in [0.717, 1.165) is 0 Å². The Kier molecular flexibility index (Phi) is 3.06. The predicted octanol–water partition coefficient (Wildman–Crippen LogP) is 2.01. The number of hydrogen-bond donors (Lipinski definition) is 0. The van der Waals surface area contributed by atoms with Crippen molar-refractivity contribution < 1.29 is 9.53 Å². The van der Waals surface area contributed by atoms with Crippen molar-refractivity contribution in [2.45, 2.75) is 33.3 Å². The minimum Gasteiger partial charge on any atom is -0.442 e. The van der Waals surface area contributed by atoms with E-state index in [1.165, 1.54) is 6.21 Å². The molecule has 0 saturated carbocycles. The molecular weight excluding hydrogens is 130 g/mol. The Morgan fingerprint density at radius 2 is 2.00 bits per heavy atom. The molecule has 0 N–H and O–H groups in total. The summed E-state index contributed by atoms with van der Waals surface area (Å²) in [7, 11) is 0. The van der Waals surface area contributed by atoms with Crippen LogP contribution in [0.3, 0.4) is 0 Å². The van der Waals surface area contributed by atoms with Crippen LogP contribution < -0.4 is 0 Å². The average molecular weight is 143 g/mol. The van der Waals surface area contributed by atoms with Crippen LogP contribution in [0.15, 0.2) is 4.99 Å². The monoisotopic (exact) mass is 143 g/mol. The third-order valence-electron chi connectivity index (χ3n) is 0.628. The summed E-state index contributed by atoms with van der Waals surface area (Å²) in [5.74, 6) is 0. The standard InChI is InChI=1S/C7H13NO2/c1-5-8-6(9)10-7(2,3)4/h5H,1-4H3/b8-5-. The van der Waals surface area contributed by atoms with Crippen molar-refractivity contribution in [3.8, 4) is 0 Å². The zero-order valence-corrected chi connectivity index (χ0v) is 6.84. The SMILES string of the molecule is C/C=N\C(=O)OC(C)(C)C. The fraction of sp³-hybridized carbons (Fsp3) is 0.714. The van der Waals surface area contributed by atoms with Gasteiger partial charge < -0.3 is 4.74 Å². The molecule has 1 amide bonds. The highest BCUT2D eigenvalue weighted by molar-refractivity contribution is 5.78. The molecule has 0 saturated heterocycles. The second kappa shape index (κ2) is 3.34. The number of carbonyl (C=O) groups excluding carboxylic acids is 1. The van der Waals surface area contributed by atoms with Crippen molar-refractivity contribution in [3.05, 3.63) is 0 Å². The third kappa shape index (κ3) is 5.28. The quantitative estimate of drug-likeness (QED) is 0.486. The van der Waals surface area contributed by atoms with Gasteiger partial charge in [-0.3, -0.25) is 0 Å². The molecule has 0 spiro atoms. The molecule has 0 bridgehead atoms. The van der Waals surface area contributed by atoms with Gasteiger partial charge in [0.25, 0.3) is 0 Å². The van der Waals surface area contributed by atoms with Crippen molar-refractivity contribution in [1.29, 1.82) is 0 Å². The molecule has 0 fully saturated rings. The van der Waals surface area contributed by atoms with Gasteiger partial charge in [0, 0.05) is 6.21 Å². The van der Waals surface area contributed by atoms with Crippen LogP contribution in [0.4, 0.5) is 4.79 Å². The van der Waals surface area contributed by atoms with E-state index < -0.39 is 11.7 Å². The molecule has 3 nitrogen and oxygen atoms in total. The zero-order valence-electron chi connectivity index (χ0n) is 6.84. The Morgan fingerprint density at radius 1 is 1.50 bits per heavy atom. The Morgan fingerprint density at radius 3 is 2.30 bits per heavy atom. The smallest absolute Gasteiger partial charge is 0.433 e. The number of hydrogen-bond acceptors (Lipinski definition) is 2. The average Bonchev–Trinajstić information content (AvgIpc) is 1.59. The van der Waals surface area contributed by atoms with E-state index >= 15 is 0 Å². The van der Waals surface area contributed by atoms with Crippen molar-refractivity contribution in [1.82, 2.24) is 0 Å². The molecule has 10 heavy (non-hydrogen) atoms. The Hall–Kier alpha value is -0.860. The first-order chi connectivity index (χ1) is 4.45. The minimum atomic E-state index is -0.532. The van der Waals surface area contributed by atoms with Gasteiger partial charge in [0.15, 0.2) is 0 Å². The van der Waals surface area contributed by atoms with E-state index in [-0.39, 0.29) is 0 Å². The highest BCUT2D eigenvalue weighted by atomic mass is 16.6. The molecular formula is C7H13NO2. The Balaban J connectivity index is 3.81. The van der Waals surface area contributed by atoms with Gasteiger partial charge in [-0.25, -0.2) is 4.79 Å². The molecule has 0 atom stereocenters.